The zero-order chi connectivity index (χ0) is 19.1. The van der Waals surface area contributed by atoms with Crippen LogP contribution in [0.4, 0.5) is 0 Å². The SMILES string of the molecule is C=C(C)CNC(=S)NN1CCN(C(c2ccccc2)c2ccccc2)CC1. The van der Waals surface area contributed by atoms with Gasteiger partial charge in [-0.2, -0.15) is 0 Å². The topological polar surface area (TPSA) is 30.5 Å². The zero-order valence-corrected chi connectivity index (χ0v) is 16.7. The molecule has 0 saturated carbocycles. The third kappa shape index (κ3) is 5.63. The van der Waals surface area contributed by atoms with E-state index in [0.717, 1.165) is 31.8 Å². The number of piperazine rings is 1. The Labute approximate surface area is 167 Å². The second-order valence-corrected chi connectivity index (χ2v) is 7.41. The fourth-order valence-electron chi connectivity index (χ4n) is 3.39. The molecule has 0 bridgehead atoms. The van der Waals surface area contributed by atoms with Crippen LogP contribution in [0.1, 0.15) is 24.1 Å². The number of hydrazine groups is 1. The molecule has 0 amide bonds. The fraction of sp³-hybridized carbons (Fsp3) is 0.318. The third-order valence-corrected chi connectivity index (χ3v) is 4.96. The molecular formula is C22H28N4S. The van der Waals surface area contributed by atoms with E-state index in [0.29, 0.717) is 11.7 Å². The fourth-order valence-corrected chi connectivity index (χ4v) is 3.59. The van der Waals surface area contributed by atoms with Gasteiger partial charge in [-0.15, -0.1) is 0 Å². The Morgan fingerprint density at radius 3 is 1.96 bits per heavy atom. The predicted molar refractivity (Wildman–Crippen MR) is 116 cm³/mol. The lowest BCUT2D eigenvalue weighted by molar-refractivity contribution is 0.0917. The Morgan fingerprint density at radius 2 is 1.48 bits per heavy atom. The van der Waals surface area contributed by atoms with E-state index in [1.54, 1.807) is 0 Å². The molecule has 1 fully saturated rings. The van der Waals surface area contributed by atoms with Crippen molar-refractivity contribution in [1.29, 1.82) is 0 Å². The van der Waals surface area contributed by atoms with Gasteiger partial charge in [0.1, 0.15) is 0 Å². The van der Waals surface area contributed by atoms with E-state index in [1.807, 2.05) is 6.92 Å². The van der Waals surface area contributed by atoms with Crippen molar-refractivity contribution < 1.29 is 0 Å². The maximum absolute atomic E-state index is 5.37. The van der Waals surface area contributed by atoms with Gasteiger partial charge in [0, 0.05) is 32.7 Å². The molecular weight excluding hydrogens is 352 g/mol. The van der Waals surface area contributed by atoms with Crippen LogP contribution in [0.3, 0.4) is 0 Å². The van der Waals surface area contributed by atoms with Gasteiger partial charge in [-0.25, -0.2) is 5.01 Å². The van der Waals surface area contributed by atoms with Gasteiger partial charge in [0.25, 0.3) is 0 Å². The molecule has 0 atom stereocenters. The van der Waals surface area contributed by atoms with Gasteiger partial charge in [0.2, 0.25) is 0 Å². The molecule has 0 radical (unpaired) electrons. The third-order valence-electron chi connectivity index (χ3n) is 4.72. The largest absolute Gasteiger partial charge is 0.358 e. The molecule has 1 saturated heterocycles. The van der Waals surface area contributed by atoms with Crippen LogP contribution in [0.5, 0.6) is 0 Å². The number of rotatable bonds is 6. The molecule has 2 aromatic carbocycles. The lowest BCUT2D eigenvalue weighted by Gasteiger charge is -2.40. The highest BCUT2D eigenvalue weighted by Crippen LogP contribution is 2.29. The van der Waals surface area contributed by atoms with Crippen molar-refractivity contribution in [3.63, 3.8) is 0 Å². The molecule has 0 unspecified atom stereocenters. The zero-order valence-electron chi connectivity index (χ0n) is 15.9. The highest BCUT2D eigenvalue weighted by Gasteiger charge is 2.26. The van der Waals surface area contributed by atoms with Crippen molar-refractivity contribution in [2.45, 2.75) is 13.0 Å². The summed E-state index contributed by atoms with van der Waals surface area (Å²) >= 11 is 5.37. The molecule has 142 valence electrons. The minimum atomic E-state index is 0.281. The average Bonchev–Trinajstić information content (AvgIpc) is 2.70. The second-order valence-electron chi connectivity index (χ2n) is 7.00. The molecule has 27 heavy (non-hydrogen) atoms. The van der Waals surface area contributed by atoms with E-state index in [2.05, 4.69) is 87.9 Å². The number of thiocarbonyl (C=S) groups is 1. The molecule has 5 heteroatoms. The number of benzene rings is 2. The normalized spacial score (nSPS) is 15.5. The van der Waals surface area contributed by atoms with Crippen LogP contribution in [0, 0.1) is 0 Å². The van der Waals surface area contributed by atoms with Gasteiger partial charge < -0.3 is 5.32 Å². The Balaban J connectivity index is 1.63. The summed E-state index contributed by atoms with van der Waals surface area (Å²) < 4.78 is 0. The second kappa shape index (κ2) is 9.65. The van der Waals surface area contributed by atoms with Crippen LogP contribution in [0.15, 0.2) is 72.8 Å². The number of hydrogen-bond donors (Lipinski definition) is 2. The highest BCUT2D eigenvalue weighted by atomic mass is 32.1. The number of nitrogens with zero attached hydrogens (tertiary/aromatic N) is 2. The minimum Gasteiger partial charge on any atom is -0.358 e. The summed E-state index contributed by atoms with van der Waals surface area (Å²) in [6.45, 7) is 10.4. The lowest BCUT2D eigenvalue weighted by Crippen LogP contribution is -2.56. The van der Waals surface area contributed by atoms with Crippen molar-refractivity contribution in [3.8, 4) is 0 Å². The van der Waals surface area contributed by atoms with Crippen molar-refractivity contribution in [1.82, 2.24) is 20.7 Å². The molecule has 2 aromatic rings. The van der Waals surface area contributed by atoms with Crippen molar-refractivity contribution in [2.24, 2.45) is 0 Å². The van der Waals surface area contributed by atoms with Crippen LogP contribution in [-0.2, 0) is 0 Å². The van der Waals surface area contributed by atoms with E-state index in [-0.39, 0.29) is 6.04 Å². The minimum absolute atomic E-state index is 0.281. The summed E-state index contributed by atoms with van der Waals surface area (Å²) in [5.41, 5.74) is 7.04. The summed E-state index contributed by atoms with van der Waals surface area (Å²) in [6, 6.07) is 21.8. The Kier molecular flexibility index (Phi) is 6.98. The van der Waals surface area contributed by atoms with Crippen molar-refractivity contribution >= 4 is 17.3 Å². The molecule has 3 rings (SSSR count). The summed E-state index contributed by atoms with van der Waals surface area (Å²) in [5.74, 6) is 0. The van der Waals surface area contributed by atoms with Crippen LogP contribution in [0.25, 0.3) is 0 Å². The summed E-state index contributed by atoms with van der Waals surface area (Å²) in [6.07, 6.45) is 0. The molecule has 1 heterocycles. The standard InChI is InChI=1S/C22H28N4S/c1-18(2)17-23-22(27)24-26-15-13-25(14-16-26)21(19-9-5-3-6-10-19)20-11-7-4-8-12-20/h3-12,21H,1,13-17H2,2H3,(H2,23,24,27). The first-order valence-electron chi connectivity index (χ1n) is 9.41. The van der Waals surface area contributed by atoms with Gasteiger partial charge in [-0.05, 0) is 30.3 Å². The molecule has 0 spiro atoms. The van der Waals surface area contributed by atoms with Crippen LogP contribution < -0.4 is 10.7 Å². The van der Waals surface area contributed by atoms with Crippen LogP contribution in [-0.4, -0.2) is 47.7 Å². The van der Waals surface area contributed by atoms with Gasteiger partial charge >= 0.3 is 0 Å². The van der Waals surface area contributed by atoms with E-state index in [4.69, 9.17) is 12.2 Å². The van der Waals surface area contributed by atoms with Gasteiger partial charge in [0.15, 0.2) is 5.11 Å². The Morgan fingerprint density at radius 1 is 0.963 bits per heavy atom. The Bertz CT molecular complexity index is 700. The first-order valence-corrected chi connectivity index (χ1v) is 9.82. The molecule has 0 aromatic heterocycles. The van der Waals surface area contributed by atoms with Gasteiger partial charge in [-0.3, -0.25) is 10.3 Å². The highest BCUT2D eigenvalue weighted by molar-refractivity contribution is 7.80. The average molecular weight is 381 g/mol. The van der Waals surface area contributed by atoms with Crippen molar-refractivity contribution in [3.05, 3.63) is 83.9 Å². The number of hydrogen-bond acceptors (Lipinski definition) is 3. The van der Waals surface area contributed by atoms with E-state index >= 15 is 0 Å². The molecule has 1 aliphatic heterocycles. The number of nitrogens with one attached hydrogen (secondary N) is 2. The van der Waals surface area contributed by atoms with E-state index in [9.17, 15) is 0 Å². The maximum Gasteiger partial charge on any atom is 0.181 e. The monoisotopic (exact) mass is 380 g/mol. The first kappa shape index (κ1) is 19.5. The molecule has 0 aliphatic carbocycles. The summed E-state index contributed by atoms with van der Waals surface area (Å²) in [5, 5.41) is 6.03. The quantitative estimate of drug-likeness (QED) is 0.593. The van der Waals surface area contributed by atoms with Gasteiger partial charge in [0.05, 0.1) is 6.04 Å². The molecule has 2 N–H and O–H groups in total. The maximum atomic E-state index is 5.37. The van der Waals surface area contributed by atoms with Crippen molar-refractivity contribution in [2.75, 3.05) is 32.7 Å². The first-order chi connectivity index (χ1) is 13.1. The van der Waals surface area contributed by atoms with Crippen LogP contribution in [0.2, 0.25) is 0 Å². The summed E-state index contributed by atoms with van der Waals surface area (Å²) in [4.78, 5) is 2.55. The van der Waals surface area contributed by atoms with E-state index < -0.39 is 0 Å². The Hall–Kier alpha value is -2.21. The summed E-state index contributed by atoms with van der Waals surface area (Å²) in [7, 11) is 0. The van der Waals surface area contributed by atoms with Crippen LogP contribution >= 0.6 is 12.2 Å². The van der Waals surface area contributed by atoms with E-state index in [1.165, 1.54) is 11.1 Å². The van der Waals surface area contributed by atoms with Gasteiger partial charge in [-0.1, -0.05) is 72.8 Å². The molecule has 4 nitrogen and oxygen atoms in total. The molecule has 1 aliphatic rings. The lowest BCUT2D eigenvalue weighted by atomic mass is 9.96. The predicted octanol–water partition coefficient (Wildman–Crippen LogP) is 3.35. The smallest absolute Gasteiger partial charge is 0.181 e.